The molecule has 1 atom stereocenters. The molecule has 0 aliphatic heterocycles. The van der Waals surface area contributed by atoms with Crippen LogP contribution >= 0.6 is 0 Å². The number of rotatable bonds is 3. The van der Waals surface area contributed by atoms with E-state index in [9.17, 15) is 4.79 Å². The summed E-state index contributed by atoms with van der Waals surface area (Å²) < 4.78 is 4.74. The van der Waals surface area contributed by atoms with Gasteiger partial charge in [-0.3, -0.25) is 4.79 Å². The molecular formula is C11H10O2. The standard InChI is InChI=1S/C11H10O2/c12-8-13-7-10-6-5-9-3-1-2-4-11(9)10/h1-6,8,10H,7H2. The third-order valence-electron chi connectivity index (χ3n) is 2.25. The summed E-state index contributed by atoms with van der Waals surface area (Å²) >= 11 is 0. The molecule has 1 unspecified atom stereocenters. The van der Waals surface area contributed by atoms with E-state index in [1.165, 1.54) is 11.1 Å². The molecule has 2 rings (SSSR count). The van der Waals surface area contributed by atoms with Crippen molar-refractivity contribution in [3.8, 4) is 0 Å². The average molecular weight is 174 g/mol. The average Bonchev–Trinajstić information content (AvgIpc) is 2.58. The molecule has 13 heavy (non-hydrogen) atoms. The number of hydrogen-bond donors (Lipinski definition) is 0. The Morgan fingerprint density at radius 1 is 1.38 bits per heavy atom. The second kappa shape index (κ2) is 3.44. The first-order chi connectivity index (χ1) is 6.42. The molecule has 66 valence electrons. The van der Waals surface area contributed by atoms with Crippen LogP contribution in [0.15, 0.2) is 30.3 Å². The Balaban J connectivity index is 2.18. The second-order valence-electron chi connectivity index (χ2n) is 3.02. The highest BCUT2D eigenvalue weighted by atomic mass is 16.5. The van der Waals surface area contributed by atoms with Crippen LogP contribution in [0.25, 0.3) is 6.08 Å². The molecule has 0 spiro atoms. The second-order valence-corrected chi connectivity index (χ2v) is 3.02. The lowest BCUT2D eigenvalue weighted by molar-refractivity contribution is -0.128. The Labute approximate surface area is 76.8 Å². The molecule has 0 radical (unpaired) electrons. The Hall–Kier alpha value is -1.57. The van der Waals surface area contributed by atoms with Gasteiger partial charge in [-0.05, 0) is 11.1 Å². The monoisotopic (exact) mass is 174 g/mol. The van der Waals surface area contributed by atoms with Crippen LogP contribution in [0, 0.1) is 0 Å². The quantitative estimate of drug-likeness (QED) is 0.655. The van der Waals surface area contributed by atoms with Gasteiger partial charge in [0.1, 0.15) is 6.61 Å². The smallest absolute Gasteiger partial charge is 0.293 e. The molecule has 0 heterocycles. The Morgan fingerprint density at radius 2 is 2.23 bits per heavy atom. The third-order valence-corrected chi connectivity index (χ3v) is 2.25. The lowest BCUT2D eigenvalue weighted by Crippen LogP contribution is -2.02. The SMILES string of the molecule is O=COCC1C=Cc2ccccc21. The van der Waals surface area contributed by atoms with E-state index in [0.29, 0.717) is 13.1 Å². The Kier molecular flexibility index (Phi) is 2.13. The van der Waals surface area contributed by atoms with Crippen LogP contribution in [-0.4, -0.2) is 13.1 Å². The van der Waals surface area contributed by atoms with E-state index >= 15 is 0 Å². The van der Waals surface area contributed by atoms with Gasteiger partial charge in [-0.25, -0.2) is 0 Å². The van der Waals surface area contributed by atoms with Crippen molar-refractivity contribution in [2.45, 2.75) is 5.92 Å². The van der Waals surface area contributed by atoms with Crippen molar-refractivity contribution in [3.63, 3.8) is 0 Å². The minimum atomic E-state index is 0.237. The minimum Gasteiger partial charge on any atom is -0.467 e. The molecule has 0 aromatic heterocycles. The molecule has 0 N–H and O–H groups in total. The number of hydrogen-bond acceptors (Lipinski definition) is 2. The summed E-state index contributed by atoms with van der Waals surface area (Å²) in [4.78, 5) is 10.0. The van der Waals surface area contributed by atoms with Crippen molar-refractivity contribution in [1.82, 2.24) is 0 Å². The summed E-state index contributed by atoms with van der Waals surface area (Å²) in [5, 5.41) is 0. The molecule has 0 bridgehead atoms. The first-order valence-electron chi connectivity index (χ1n) is 4.24. The van der Waals surface area contributed by atoms with E-state index in [1.807, 2.05) is 12.1 Å². The molecule has 0 saturated heterocycles. The fourth-order valence-corrected chi connectivity index (χ4v) is 1.61. The fourth-order valence-electron chi connectivity index (χ4n) is 1.61. The molecule has 0 fully saturated rings. The topological polar surface area (TPSA) is 26.3 Å². The zero-order valence-corrected chi connectivity index (χ0v) is 7.14. The molecule has 2 nitrogen and oxygen atoms in total. The van der Waals surface area contributed by atoms with Crippen molar-refractivity contribution in [1.29, 1.82) is 0 Å². The molecule has 1 aromatic carbocycles. The van der Waals surface area contributed by atoms with Crippen LogP contribution in [0.5, 0.6) is 0 Å². The lowest BCUT2D eigenvalue weighted by atomic mass is 10.0. The maximum atomic E-state index is 10.0. The fraction of sp³-hybridized carbons (Fsp3) is 0.182. The summed E-state index contributed by atoms with van der Waals surface area (Å²) in [6, 6.07) is 8.13. The predicted octanol–water partition coefficient (Wildman–Crippen LogP) is 1.97. The summed E-state index contributed by atoms with van der Waals surface area (Å²) in [5.41, 5.74) is 2.46. The van der Waals surface area contributed by atoms with Gasteiger partial charge < -0.3 is 4.74 Å². The van der Waals surface area contributed by atoms with Gasteiger partial charge in [0, 0.05) is 5.92 Å². The molecule has 0 amide bonds. The van der Waals surface area contributed by atoms with Gasteiger partial charge in [-0.15, -0.1) is 0 Å². The predicted molar refractivity (Wildman–Crippen MR) is 50.2 cm³/mol. The molecule has 1 aliphatic carbocycles. The number of fused-ring (bicyclic) bond motifs is 1. The number of benzene rings is 1. The van der Waals surface area contributed by atoms with Crippen molar-refractivity contribution >= 4 is 12.5 Å². The van der Waals surface area contributed by atoms with Crippen molar-refractivity contribution in [3.05, 3.63) is 41.5 Å². The zero-order valence-electron chi connectivity index (χ0n) is 7.14. The number of carbonyl (C=O) groups excluding carboxylic acids is 1. The van der Waals surface area contributed by atoms with Crippen molar-refractivity contribution < 1.29 is 9.53 Å². The molecular weight excluding hydrogens is 164 g/mol. The van der Waals surface area contributed by atoms with Gasteiger partial charge in [-0.2, -0.15) is 0 Å². The highest BCUT2D eigenvalue weighted by molar-refractivity contribution is 5.62. The number of ether oxygens (including phenoxy) is 1. The van der Waals surface area contributed by atoms with Crippen LogP contribution in [-0.2, 0) is 9.53 Å². The summed E-state index contributed by atoms with van der Waals surface area (Å²) in [7, 11) is 0. The zero-order chi connectivity index (χ0) is 9.10. The van der Waals surface area contributed by atoms with Gasteiger partial charge in [0.05, 0.1) is 0 Å². The van der Waals surface area contributed by atoms with Crippen LogP contribution in [0.4, 0.5) is 0 Å². The minimum absolute atomic E-state index is 0.237. The van der Waals surface area contributed by atoms with Gasteiger partial charge in [0.2, 0.25) is 0 Å². The van der Waals surface area contributed by atoms with Crippen LogP contribution in [0.1, 0.15) is 17.0 Å². The normalized spacial score (nSPS) is 18.3. The van der Waals surface area contributed by atoms with E-state index in [0.717, 1.165) is 0 Å². The van der Waals surface area contributed by atoms with E-state index in [4.69, 9.17) is 4.74 Å². The van der Waals surface area contributed by atoms with Gasteiger partial charge in [0.15, 0.2) is 0 Å². The van der Waals surface area contributed by atoms with E-state index < -0.39 is 0 Å². The highest BCUT2D eigenvalue weighted by Gasteiger charge is 2.16. The molecule has 2 heteroatoms. The molecule has 1 aromatic rings. The maximum absolute atomic E-state index is 10.0. The van der Waals surface area contributed by atoms with E-state index in [2.05, 4.69) is 24.3 Å². The van der Waals surface area contributed by atoms with E-state index in [1.54, 1.807) is 0 Å². The van der Waals surface area contributed by atoms with E-state index in [-0.39, 0.29) is 5.92 Å². The van der Waals surface area contributed by atoms with Gasteiger partial charge >= 0.3 is 0 Å². The van der Waals surface area contributed by atoms with Crippen molar-refractivity contribution in [2.24, 2.45) is 0 Å². The lowest BCUT2D eigenvalue weighted by Gasteiger charge is -2.08. The largest absolute Gasteiger partial charge is 0.467 e. The van der Waals surface area contributed by atoms with Crippen LogP contribution in [0.2, 0.25) is 0 Å². The van der Waals surface area contributed by atoms with Crippen LogP contribution in [0.3, 0.4) is 0 Å². The Morgan fingerprint density at radius 3 is 3.08 bits per heavy atom. The molecule has 1 aliphatic rings. The van der Waals surface area contributed by atoms with Crippen molar-refractivity contribution in [2.75, 3.05) is 6.61 Å². The van der Waals surface area contributed by atoms with Crippen LogP contribution < -0.4 is 0 Å². The summed E-state index contributed by atoms with van der Waals surface area (Å²) in [6.45, 7) is 0.936. The Bertz CT molecular complexity index is 342. The molecule has 0 saturated carbocycles. The summed E-state index contributed by atoms with van der Waals surface area (Å²) in [5.74, 6) is 0.237. The first kappa shape index (κ1) is 8.05. The number of carbonyl (C=O) groups is 1. The van der Waals surface area contributed by atoms with Gasteiger partial charge in [-0.1, -0.05) is 36.4 Å². The maximum Gasteiger partial charge on any atom is 0.293 e. The first-order valence-corrected chi connectivity index (χ1v) is 4.24. The summed E-state index contributed by atoms with van der Waals surface area (Å²) in [6.07, 6.45) is 4.13. The van der Waals surface area contributed by atoms with Gasteiger partial charge in [0.25, 0.3) is 6.47 Å². The highest BCUT2D eigenvalue weighted by Crippen LogP contribution is 2.29. The third kappa shape index (κ3) is 1.47.